The van der Waals surface area contributed by atoms with Gasteiger partial charge in [0.05, 0.1) is 4.83 Å². The molecule has 0 spiro atoms. The number of carbonyl (C=O) groups excluding carboxylic acids is 1. The number of anilines is 1. The first-order valence-electron chi connectivity index (χ1n) is 6.87. The van der Waals surface area contributed by atoms with Gasteiger partial charge in [-0.3, -0.25) is 4.79 Å². The number of hydrogen-bond donors (Lipinski definition) is 1. The number of rotatable bonds is 2. The van der Waals surface area contributed by atoms with Gasteiger partial charge in [-0.1, -0.05) is 51.8 Å². The molecule has 1 N–H and O–H groups in total. The summed E-state index contributed by atoms with van der Waals surface area (Å²) in [4.78, 5) is 11.5. The van der Waals surface area contributed by atoms with Gasteiger partial charge in [-0.2, -0.15) is 0 Å². The van der Waals surface area contributed by atoms with Crippen LogP contribution < -0.4 is 5.32 Å². The normalized spacial score (nSPS) is 15.3. The van der Waals surface area contributed by atoms with E-state index in [4.69, 9.17) is 11.6 Å². The molecule has 0 saturated carbocycles. The van der Waals surface area contributed by atoms with Crippen molar-refractivity contribution in [3.05, 3.63) is 63.7 Å². The molecule has 1 aliphatic heterocycles. The second-order valence-corrected chi connectivity index (χ2v) is 6.66. The first-order valence-corrected chi connectivity index (χ1v) is 8.17. The number of fused-ring (bicyclic) bond motifs is 1. The van der Waals surface area contributed by atoms with E-state index in [1.807, 2.05) is 31.2 Å². The average Bonchev–Trinajstić information content (AvgIpc) is 2.49. The molecule has 1 amide bonds. The molecule has 4 heteroatoms. The Bertz CT molecular complexity index is 714. The minimum atomic E-state index is 0.0963. The van der Waals surface area contributed by atoms with Crippen LogP contribution in [0.25, 0.3) is 0 Å². The fourth-order valence-corrected chi connectivity index (χ4v) is 3.27. The topological polar surface area (TPSA) is 29.1 Å². The van der Waals surface area contributed by atoms with Crippen LogP contribution in [0.15, 0.2) is 36.4 Å². The van der Waals surface area contributed by atoms with Crippen LogP contribution in [-0.2, 0) is 11.2 Å². The third-order valence-electron chi connectivity index (χ3n) is 3.79. The molecular weight excluding hydrogens is 350 g/mol. The fourth-order valence-electron chi connectivity index (χ4n) is 2.58. The Labute approximate surface area is 137 Å². The van der Waals surface area contributed by atoms with Crippen molar-refractivity contribution in [1.29, 1.82) is 0 Å². The van der Waals surface area contributed by atoms with E-state index in [2.05, 4.69) is 33.4 Å². The van der Waals surface area contributed by atoms with E-state index in [1.54, 1.807) is 0 Å². The quantitative estimate of drug-likeness (QED) is 0.745. The van der Waals surface area contributed by atoms with Crippen molar-refractivity contribution in [3.63, 3.8) is 0 Å². The van der Waals surface area contributed by atoms with Crippen LogP contribution >= 0.6 is 27.5 Å². The molecule has 2 nitrogen and oxygen atoms in total. The van der Waals surface area contributed by atoms with Gasteiger partial charge < -0.3 is 5.32 Å². The zero-order valence-corrected chi connectivity index (χ0v) is 14.0. The number of benzene rings is 2. The Hall–Kier alpha value is -1.32. The number of halogens is 2. The molecule has 0 fully saturated rings. The summed E-state index contributed by atoms with van der Waals surface area (Å²) >= 11 is 9.85. The summed E-state index contributed by atoms with van der Waals surface area (Å²) in [7, 11) is 0. The third kappa shape index (κ3) is 2.99. The zero-order chi connectivity index (χ0) is 15.0. The summed E-state index contributed by atoms with van der Waals surface area (Å²) in [5.41, 5.74) is 5.57. The van der Waals surface area contributed by atoms with E-state index in [-0.39, 0.29) is 10.7 Å². The van der Waals surface area contributed by atoms with Crippen molar-refractivity contribution >= 4 is 39.1 Å². The Morgan fingerprint density at radius 3 is 2.62 bits per heavy atom. The lowest BCUT2D eigenvalue weighted by Gasteiger charge is -2.19. The predicted octanol–water partition coefficient (Wildman–Crippen LogP) is 5.02. The fraction of sp³-hybridized carbons (Fsp3) is 0.235. The Balaban J connectivity index is 1.93. The molecule has 1 unspecified atom stereocenters. The molecule has 3 rings (SSSR count). The maximum absolute atomic E-state index is 11.4. The first kappa shape index (κ1) is 14.6. The third-order valence-corrected chi connectivity index (χ3v) is 5.27. The molecular formula is C17H15BrClNO. The molecule has 1 atom stereocenters. The van der Waals surface area contributed by atoms with Gasteiger partial charge in [0.25, 0.3) is 0 Å². The minimum absolute atomic E-state index is 0.0963. The lowest BCUT2D eigenvalue weighted by molar-refractivity contribution is -0.116. The molecule has 108 valence electrons. The van der Waals surface area contributed by atoms with Gasteiger partial charge in [-0.15, -0.1) is 0 Å². The highest BCUT2D eigenvalue weighted by Gasteiger charge is 2.18. The molecule has 0 aliphatic carbocycles. The largest absolute Gasteiger partial charge is 0.326 e. The SMILES string of the molecule is Cc1cc(C(Br)c2ccc3c(c2)CCC(=O)N3)ccc1Cl. The molecule has 2 aromatic carbocycles. The van der Waals surface area contributed by atoms with Gasteiger partial charge in [-0.25, -0.2) is 0 Å². The molecule has 21 heavy (non-hydrogen) atoms. The van der Waals surface area contributed by atoms with E-state index in [0.717, 1.165) is 22.7 Å². The lowest BCUT2D eigenvalue weighted by Crippen LogP contribution is -2.19. The average molecular weight is 365 g/mol. The second-order valence-electron chi connectivity index (χ2n) is 5.34. The molecule has 1 aliphatic rings. The van der Waals surface area contributed by atoms with E-state index in [9.17, 15) is 4.79 Å². The van der Waals surface area contributed by atoms with Crippen molar-refractivity contribution in [2.45, 2.75) is 24.6 Å². The van der Waals surface area contributed by atoms with Gasteiger partial charge in [0.2, 0.25) is 5.91 Å². The van der Waals surface area contributed by atoms with Crippen LogP contribution in [0.3, 0.4) is 0 Å². The summed E-state index contributed by atoms with van der Waals surface area (Å²) < 4.78 is 0. The van der Waals surface area contributed by atoms with Crippen molar-refractivity contribution in [2.75, 3.05) is 5.32 Å². The molecule has 2 aromatic rings. The predicted molar refractivity (Wildman–Crippen MR) is 90.4 cm³/mol. The summed E-state index contributed by atoms with van der Waals surface area (Å²) in [6.45, 7) is 2.01. The van der Waals surface area contributed by atoms with E-state index < -0.39 is 0 Å². The van der Waals surface area contributed by atoms with Gasteiger partial charge >= 0.3 is 0 Å². The number of hydrogen-bond acceptors (Lipinski definition) is 1. The maximum atomic E-state index is 11.4. The number of alkyl halides is 1. The summed E-state index contributed by atoms with van der Waals surface area (Å²) in [5, 5.41) is 3.69. The van der Waals surface area contributed by atoms with Crippen molar-refractivity contribution < 1.29 is 4.79 Å². The zero-order valence-electron chi connectivity index (χ0n) is 11.6. The second kappa shape index (κ2) is 5.82. The molecule has 0 bridgehead atoms. The van der Waals surface area contributed by atoms with E-state index in [0.29, 0.717) is 6.42 Å². The number of carbonyl (C=O) groups is 1. The number of nitrogens with one attached hydrogen (secondary N) is 1. The highest BCUT2D eigenvalue weighted by atomic mass is 79.9. The highest BCUT2D eigenvalue weighted by Crippen LogP contribution is 2.35. The maximum Gasteiger partial charge on any atom is 0.224 e. The highest BCUT2D eigenvalue weighted by molar-refractivity contribution is 9.09. The van der Waals surface area contributed by atoms with Gasteiger partial charge in [-0.05, 0) is 47.7 Å². The van der Waals surface area contributed by atoms with Crippen LogP contribution in [0.5, 0.6) is 0 Å². The van der Waals surface area contributed by atoms with E-state index in [1.165, 1.54) is 16.7 Å². The number of amides is 1. The monoisotopic (exact) mass is 363 g/mol. The molecule has 1 heterocycles. The number of aryl methyl sites for hydroxylation is 2. The smallest absolute Gasteiger partial charge is 0.224 e. The Kier molecular flexibility index (Phi) is 4.05. The molecule has 0 radical (unpaired) electrons. The molecule has 0 aromatic heterocycles. The van der Waals surface area contributed by atoms with Crippen molar-refractivity contribution in [3.8, 4) is 0 Å². The summed E-state index contributed by atoms with van der Waals surface area (Å²) in [6, 6.07) is 12.3. The van der Waals surface area contributed by atoms with Gasteiger partial charge in [0.15, 0.2) is 0 Å². The summed E-state index contributed by atoms with van der Waals surface area (Å²) in [5.74, 6) is 0.0963. The van der Waals surface area contributed by atoms with Crippen LogP contribution in [0.4, 0.5) is 5.69 Å². The minimum Gasteiger partial charge on any atom is -0.326 e. The van der Waals surface area contributed by atoms with Crippen LogP contribution in [0.1, 0.15) is 33.5 Å². The van der Waals surface area contributed by atoms with Gasteiger partial charge in [0, 0.05) is 17.1 Å². The standard InChI is InChI=1S/C17H15BrClNO/c1-10-8-12(2-5-14(10)19)17(18)13-3-6-15-11(9-13)4-7-16(21)20-15/h2-3,5-6,8-9,17H,4,7H2,1H3,(H,20,21). The van der Waals surface area contributed by atoms with Crippen LogP contribution in [0.2, 0.25) is 5.02 Å². The lowest BCUT2D eigenvalue weighted by atomic mass is 9.96. The first-order chi connectivity index (χ1) is 10.0. The van der Waals surface area contributed by atoms with Gasteiger partial charge in [0.1, 0.15) is 0 Å². The summed E-state index contributed by atoms with van der Waals surface area (Å²) in [6.07, 6.45) is 1.36. The molecule has 0 saturated heterocycles. The van der Waals surface area contributed by atoms with Crippen molar-refractivity contribution in [1.82, 2.24) is 0 Å². The van der Waals surface area contributed by atoms with Crippen LogP contribution in [0, 0.1) is 6.92 Å². The van der Waals surface area contributed by atoms with Crippen LogP contribution in [-0.4, -0.2) is 5.91 Å². The Morgan fingerprint density at radius 2 is 1.86 bits per heavy atom. The Morgan fingerprint density at radius 1 is 1.14 bits per heavy atom. The van der Waals surface area contributed by atoms with Crippen molar-refractivity contribution in [2.24, 2.45) is 0 Å². The van der Waals surface area contributed by atoms with E-state index >= 15 is 0 Å².